The molecule has 6 nitrogen and oxygen atoms in total. The number of likely N-dealkylation sites (tertiary alicyclic amines) is 1. The molecule has 1 saturated heterocycles. The zero-order valence-corrected chi connectivity index (χ0v) is 16.9. The molecule has 1 N–H and O–H groups in total. The average molecular weight is 381 g/mol. The minimum absolute atomic E-state index is 0.108. The molecule has 1 unspecified atom stereocenters. The Kier molecular flexibility index (Phi) is 5.49. The second-order valence-corrected chi connectivity index (χ2v) is 8.48. The van der Waals surface area contributed by atoms with Crippen LogP contribution in [0.4, 0.5) is 0 Å². The van der Waals surface area contributed by atoms with Crippen molar-refractivity contribution < 1.29 is 14.7 Å². The summed E-state index contributed by atoms with van der Waals surface area (Å²) in [4.78, 5) is 35.1. The van der Waals surface area contributed by atoms with E-state index < -0.39 is 11.4 Å². The Balaban J connectivity index is 1.86. The van der Waals surface area contributed by atoms with E-state index >= 15 is 0 Å². The molecule has 1 amide bonds. The lowest BCUT2D eigenvalue weighted by atomic mass is 9.91. The first-order chi connectivity index (χ1) is 13.1. The van der Waals surface area contributed by atoms with Crippen molar-refractivity contribution >= 4 is 11.9 Å². The van der Waals surface area contributed by atoms with Gasteiger partial charge in [0.1, 0.15) is 5.82 Å². The lowest BCUT2D eigenvalue weighted by Gasteiger charge is -2.36. The van der Waals surface area contributed by atoms with E-state index in [4.69, 9.17) is 10.1 Å². The fourth-order valence-electron chi connectivity index (χ4n) is 3.55. The number of aromatic carboxylic acids is 1. The normalized spacial score (nSPS) is 17.4. The Morgan fingerprint density at radius 1 is 1.14 bits per heavy atom. The van der Waals surface area contributed by atoms with Gasteiger partial charge >= 0.3 is 5.97 Å². The number of amides is 1. The van der Waals surface area contributed by atoms with Gasteiger partial charge in [0.05, 0.1) is 11.3 Å². The summed E-state index contributed by atoms with van der Waals surface area (Å²) in [6.07, 6.45) is 1.89. The first-order valence-corrected chi connectivity index (χ1v) is 9.64. The van der Waals surface area contributed by atoms with Crippen molar-refractivity contribution in [1.82, 2.24) is 14.9 Å². The van der Waals surface area contributed by atoms with Crippen LogP contribution in [0, 0.1) is 12.3 Å². The van der Waals surface area contributed by atoms with Crippen molar-refractivity contribution in [2.45, 2.75) is 46.5 Å². The molecular weight excluding hydrogens is 354 g/mol. The first kappa shape index (κ1) is 20.0. The molecule has 28 heavy (non-hydrogen) atoms. The zero-order valence-electron chi connectivity index (χ0n) is 16.9. The zero-order chi connectivity index (χ0) is 20.5. The minimum Gasteiger partial charge on any atom is -0.478 e. The number of carboxylic acids is 1. The van der Waals surface area contributed by atoms with Crippen LogP contribution < -0.4 is 0 Å². The monoisotopic (exact) mass is 381 g/mol. The van der Waals surface area contributed by atoms with E-state index in [2.05, 4.69) is 4.98 Å². The Bertz CT molecular complexity index is 885. The molecule has 1 aromatic heterocycles. The molecule has 1 fully saturated rings. The summed E-state index contributed by atoms with van der Waals surface area (Å²) < 4.78 is 0. The number of carbonyl (C=O) groups is 2. The smallest absolute Gasteiger partial charge is 0.335 e. The van der Waals surface area contributed by atoms with Crippen LogP contribution in [-0.2, 0) is 4.79 Å². The van der Waals surface area contributed by atoms with Crippen molar-refractivity contribution in [1.29, 1.82) is 0 Å². The number of aromatic nitrogens is 2. The molecule has 0 spiro atoms. The van der Waals surface area contributed by atoms with E-state index in [-0.39, 0.29) is 17.4 Å². The maximum Gasteiger partial charge on any atom is 0.335 e. The van der Waals surface area contributed by atoms with Crippen LogP contribution in [0.1, 0.15) is 61.4 Å². The quantitative estimate of drug-likeness (QED) is 0.872. The number of hydrogen-bond donors (Lipinski definition) is 1. The topological polar surface area (TPSA) is 83.4 Å². The molecule has 2 aromatic rings. The molecule has 1 aliphatic rings. The van der Waals surface area contributed by atoms with E-state index in [0.717, 1.165) is 42.2 Å². The second kappa shape index (κ2) is 7.70. The number of rotatable bonds is 3. The van der Waals surface area contributed by atoms with Crippen molar-refractivity contribution in [2.75, 3.05) is 13.1 Å². The predicted molar refractivity (Wildman–Crippen MR) is 107 cm³/mol. The standard InChI is InChI=1S/C22H27N3O3/c1-14-12-18(15-7-9-16(10-8-15)20(26)27)24-19(23-14)17-6-5-11-25(13-17)21(28)22(2,3)4/h7-10,12,17H,5-6,11,13H2,1-4H3,(H,26,27). The number of carbonyl (C=O) groups excluding carboxylic acids is 1. The highest BCUT2D eigenvalue weighted by molar-refractivity contribution is 5.88. The number of aryl methyl sites for hydroxylation is 1. The maximum atomic E-state index is 12.7. The SMILES string of the molecule is Cc1cc(-c2ccc(C(=O)O)cc2)nc(C2CCCN(C(=O)C(C)(C)C)C2)n1. The molecule has 1 atom stereocenters. The fourth-order valence-corrected chi connectivity index (χ4v) is 3.55. The van der Waals surface area contributed by atoms with Gasteiger partial charge in [0.2, 0.25) is 5.91 Å². The third-order valence-corrected chi connectivity index (χ3v) is 5.01. The van der Waals surface area contributed by atoms with Crippen LogP contribution in [0.5, 0.6) is 0 Å². The number of benzene rings is 1. The van der Waals surface area contributed by atoms with Crippen LogP contribution in [0.2, 0.25) is 0 Å². The van der Waals surface area contributed by atoms with Crippen molar-refractivity contribution in [3.05, 3.63) is 47.4 Å². The van der Waals surface area contributed by atoms with E-state index in [9.17, 15) is 9.59 Å². The van der Waals surface area contributed by atoms with E-state index in [1.165, 1.54) is 0 Å². The molecule has 1 aromatic carbocycles. The van der Waals surface area contributed by atoms with Crippen molar-refractivity contribution in [3.63, 3.8) is 0 Å². The number of piperidine rings is 1. The molecule has 3 rings (SSSR count). The van der Waals surface area contributed by atoms with Crippen LogP contribution in [0.15, 0.2) is 30.3 Å². The molecule has 0 bridgehead atoms. The van der Waals surface area contributed by atoms with Crippen LogP contribution in [0.25, 0.3) is 11.3 Å². The first-order valence-electron chi connectivity index (χ1n) is 9.64. The van der Waals surface area contributed by atoms with E-state index in [0.29, 0.717) is 6.54 Å². The largest absolute Gasteiger partial charge is 0.478 e. The fraction of sp³-hybridized carbons (Fsp3) is 0.455. The van der Waals surface area contributed by atoms with Crippen LogP contribution in [0.3, 0.4) is 0 Å². The summed E-state index contributed by atoms with van der Waals surface area (Å²) in [5.41, 5.74) is 2.35. The van der Waals surface area contributed by atoms with Gasteiger partial charge in [0, 0.05) is 35.7 Å². The molecule has 0 saturated carbocycles. The minimum atomic E-state index is -0.947. The van der Waals surface area contributed by atoms with E-state index in [1.807, 2.05) is 38.7 Å². The van der Waals surface area contributed by atoms with Gasteiger partial charge in [0.25, 0.3) is 0 Å². The lowest BCUT2D eigenvalue weighted by Crippen LogP contribution is -2.44. The van der Waals surface area contributed by atoms with Gasteiger partial charge in [0.15, 0.2) is 0 Å². The van der Waals surface area contributed by atoms with Gasteiger partial charge in [-0.25, -0.2) is 14.8 Å². The predicted octanol–water partition coefficient (Wildman–Crippen LogP) is 3.90. The summed E-state index contributed by atoms with van der Waals surface area (Å²) >= 11 is 0. The highest BCUT2D eigenvalue weighted by atomic mass is 16.4. The number of carboxylic acid groups (broad SMARTS) is 1. The van der Waals surface area contributed by atoms with Gasteiger partial charge in [-0.05, 0) is 38.0 Å². The van der Waals surface area contributed by atoms with Gasteiger partial charge in [-0.2, -0.15) is 0 Å². The number of hydrogen-bond acceptors (Lipinski definition) is 4. The molecule has 1 aliphatic heterocycles. The highest BCUT2D eigenvalue weighted by Crippen LogP contribution is 2.29. The Labute approximate surface area is 165 Å². The lowest BCUT2D eigenvalue weighted by molar-refractivity contribution is -0.140. The Morgan fingerprint density at radius 3 is 2.43 bits per heavy atom. The molecular formula is C22H27N3O3. The summed E-state index contributed by atoms with van der Waals surface area (Å²) in [5, 5.41) is 9.07. The Morgan fingerprint density at radius 2 is 1.82 bits per heavy atom. The van der Waals surface area contributed by atoms with E-state index in [1.54, 1.807) is 24.3 Å². The molecule has 148 valence electrons. The second-order valence-electron chi connectivity index (χ2n) is 8.48. The van der Waals surface area contributed by atoms with Crippen molar-refractivity contribution in [2.24, 2.45) is 5.41 Å². The Hall–Kier alpha value is -2.76. The van der Waals surface area contributed by atoms with Crippen LogP contribution in [-0.4, -0.2) is 44.9 Å². The molecule has 0 aliphatic carbocycles. The number of nitrogens with zero attached hydrogens (tertiary/aromatic N) is 3. The molecule has 0 radical (unpaired) electrons. The average Bonchev–Trinajstić information content (AvgIpc) is 2.66. The molecule has 6 heteroatoms. The summed E-state index contributed by atoms with van der Waals surface area (Å²) in [6.45, 7) is 9.18. The molecule has 2 heterocycles. The third-order valence-electron chi connectivity index (χ3n) is 5.01. The van der Waals surface area contributed by atoms with Crippen molar-refractivity contribution in [3.8, 4) is 11.3 Å². The summed E-state index contributed by atoms with van der Waals surface area (Å²) in [7, 11) is 0. The van der Waals surface area contributed by atoms with Gasteiger partial charge in [-0.15, -0.1) is 0 Å². The summed E-state index contributed by atoms with van der Waals surface area (Å²) in [5.74, 6) is 0.0759. The van der Waals surface area contributed by atoms with Gasteiger partial charge < -0.3 is 10.0 Å². The highest BCUT2D eigenvalue weighted by Gasteiger charge is 2.32. The van der Waals surface area contributed by atoms with Gasteiger partial charge in [-0.3, -0.25) is 4.79 Å². The third kappa shape index (κ3) is 4.38. The van der Waals surface area contributed by atoms with Gasteiger partial charge in [-0.1, -0.05) is 32.9 Å². The van der Waals surface area contributed by atoms with Crippen LogP contribution >= 0.6 is 0 Å². The summed E-state index contributed by atoms with van der Waals surface area (Å²) in [6, 6.07) is 8.61. The maximum absolute atomic E-state index is 12.7.